The van der Waals surface area contributed by atoms with Crippen molar-refractivity contribution in [3.8, 4) is 6.07 Å². The molecule has 1 N–H and O–H groups in total. The minimum atomic E-state index is -0.446. The molecule has 1 heterocycles. The van der Waals surface area contributed by atoms with Gasteiger partial charge in [0.05, 0.1) is 6.07 Å². The van der Waals surface area contributed by atoms with Crippen molar-refractivity contribution in [2.24, 2.45) is 0 Å². The highest BCUT2D eigenvalue weighted by molar-refractivity contribution is 7.99. The first kappa shape index (κ1) is 14.3. The number of rotatable bonds is 6. The van der Waals surface area contributed by atoms with E-state index >= 15 is 0 Å². The van der Waals surface area contributed by atoms with Gasteiger partial charge in [0, 0.05) is 23.7 Å². The van der Waals surface area contributed by atoms with Crippen molar-refractivity contribution in [1.82, 2.24) is 15.3 Å². The molecule has 5 heteroatoms. The first-order valence-electron chi connectivity index (χ1n) is 6.65. The van der Waals surface area contributed by atoms with Crippen molar-refractivity contribution in [3.63, 3.8) is 0 Å². The molecule has 102 valence electrons. The van der Waals surface area contributed by atoms with E-state index in [1.165, 1.54) is 12.8 Å². The van der Waals surface area contributed by atoms with E-state index in [2.05, 4.69) is 28.3 Å². The molecular formula is C14H20N4S. The fourth-order valence-electron chi connectivity index (χ4n) is 2.05. The van der Waals surface area contributed by atoms with E-state index in [1.54, 1.807) is 11.8 Å². The zero-order valence-electron chi connectivity index (χ0n) is 11.7. The molecule has 0 bridgehead atoms. The van der Waals surface area contributed by atoms with Crippen LogP contribution in [0.15, 0.2) is 17.6 Å². The molecule has 2 atom stereocenters. The van der Waals surface area contributed by atoms with Crippen molar-refractivity contribution < 1.29 is 0 Å². The summed E-state index contributed by atoms with van der Waals surface area (Å²) in [6.45, 7) is 6.08. The number of hydrogen-bond acceptors (Lipinski definition) is 5. The monoisotopic (exact) mass is 276 g/mol. The molecule has 1 aromatic rings. The van der Waals surface area contributed by atoms with Crippen LogP contribution in [0.25, 0.3) is 0 Å². The first-order valence-corrected chi connectivity index (χ1v) is 7.53. The highest BCUT2D eigenvalue weighted by Crippen LogP contribution is 2.29. The summed E-state index contributed by atoms with van der Waals surface area (Å²) < 4.78 is 0. The normalized spacial score (nSPS) is 19.5. The molecule has 0 saturated heterocycles. The number of aromatic nitrogens is 2. The molecule has 0 aliphatic heterocycles. The Balaban J connectivity index is 1.90. The topological polar surface area (TPSA) is 61.6 Å². The summed E-state index contributed by atoms with van der Waals surface area (Å²) in [6.07, 6.45) is 6.84. The zero-order chi connectivity index (χ0) is 13.9. The van der Waals surface area contributed by atoms with E-state index < -0.39 is 5.54 Å². The number of nitriles is 1. The lowest BCUT2D eigenvalue weighted by Crippen LogP contribution is -2.44. The maximum atomic E-state index is 9.36. The Morgan fingerprint density at radius 3 is 2.68 bits per heavy atom. The average Bonchev–Trinajstić information content (AvgIpc) is 3.15. The minimum absolute atomic E-state index is 0.304. The fraction of sp³-hybridized carbons (Fsp3) is 0.643. The van der Waals surface area contributed by atoms with E-state index in [1.807, 2.05) is 26.2 Å². The largest absolute Gasteiger partial charge is 0.297 e. The van der Waals surface area contributed by atoms with Gasteiger partial charge in [0.1, 0.15) is 5.54 Å². The third kappa shape index (κ3) is 4.48. The van der Waals surface area contributed by atoms with Gasteiger partial charge in [-0.2, -0.15) is 5.26 Å². The molecule has 0 aromatic carbocycles. The first-order chi connectivity index (χ1) is 9.00. The molecule has 1 aromatic heterocycles. The molecule has 0 radical (unpaired) electrons. The summed E-state index contributed by atoms with van der Waals surface area (Å²) in [5.41, 5.74) is 0.618. The molecule has 1 aliphatic carbocycles. The smallest absolute Gasteiger partial charge is 0.187 e. The van der Waals surface area contributed by atoms with Gasteiger partial charge in [-0.25, -0.2) is 9.97 Å². The Hall–Kier alpha value is -1.12. The Morgan fingerprint density at radius 1 is 1.53 bits per heavy atom. The molecule has 19 heavy (non-hydrogen) atoms. The van der Waals surface area contributed by atoms with Gasteiger partial charge in [-0.3, -0.25) is 5.32 Å². The van der Waals surface area contributed by atoms with Crippen LogP contribution in [0, 0.1) is 18.3 Å². The second kappa shape index (κ2) is 5.89. The summed E-state index contributed by atoms with van der Waals surface area (Å²) in [5, 5.41) is 13.9. The van der Waals surface area contributed by atoms with Gasteiger partial charge < -0.3 is 0 Å². The van der Waals surface area contributed by atoms with Crippen molar-refractivity contribution in [1.29, 1.82) is 5.26 Å². The number of aryl methyl sites for hydroxylation is 1. The van der Waals surface area contributed by atoms with E-state index in [0.29, 0.717) is 11.3 Å². The summed E-state index contributed by atoms with van der Waals surface area (Å²) in [5.74, 6) is 0. The highest BCUT2D eigenvalue weighted by atomic mass is 32.2. The van der Waals surface area contributed by atoms with Gasteiger partial charge in [-0.05, 0) is 38.7 Å². The number of hydrogen-bond donors (Lipinski definition) is 1. The van der Waals surface area contributed by atoms with E-state index in [4.69, 9.17) is 0 Å². The fourth-order valence-corrected chi connectivity index (χ4v) is 3.06. The zero-order valence-corrected chi connectivity index (χ0v) is 12.5. The van der Waals surface area contributed by atoms with Gasteiger partial charge in [0.25, 0.3) is 0 Å². The minimum Gasteiger partial charge on any atom is -0.297 e. The molecule has 1 aliphatic rings. The van der Waals surface area contributed by atoms with Crippen LogP contribution in [-0.4, -0.2) is 26.8 Å². The van der Waals surface area contributed by atoms with Crippen LogP contribution in [-0.2, 0) is 0 Å². The number of nitrogens with zero attached hydrogens (tertiary/aromatic N) is 3. The third-order valence-corrected chi connectivity index (χ3v) is 4.10. The number of thioether (sulfide) groups is 1. The van der Waals surface area contributed by atoms with Crippen molar-refractivity contribution in [2.75, 3.05) is 0 Å². The van der Waals surface area contributed by atoms with E-state index in [-0.39, 0.29) is 0 Å². The summed E-state index contributed by atoms with van der Waals surface area (Å²) in [7, 11) is 0. The SMILES string of the molecule is Cc1cnc(SC(C)CC(C)(C#N)NC2CC2)nc1. The molecule has 2 unspecified atom stereocenters. The molecule has 1 fully saturated rings. The Morgan fingerprint density at radius 2 is 2.16 bits per heavy atom. The third-order valence-electron chi connectivity index (χ3n) is 3.11. The van der Waals surface area contributed by atoms with Gasteiger partial charge in [0.15, 0.2) is 5.16 Å². The van der Waals surface area contributed by atoms with Gasteiger partial charge >= 0.3 is 0 Å². The van der Waals surface area contributed by atoms with Crippen LogP contribution in [0.1, 0.15) is 38.7 Å². The molecule has 2 rings (SSSR count). The maximum absolute atomic E-state index is 9.36. The van der Waals surface area contributed by atoms with Crippen LogP contribution in [0.3, 0.4) is 0 Å². The molecule has 0 spiro atoms. The van der Waals surface area contributed by atoms with Crippen LogP contribution in [0.4, 0.5) is 0 Å². The summed E-state index contributed by atoms with van der Waals surface area (Å²) >= 11 is 1.63. The molecule has 0 amide bonds. The van der Waals surface area contributed by atoms with Gasteiger partial charge in [-0.15, -0.1) is 0 Å². The Labute approximate surface area is 119 Å². The Kier molecular flexibility index (Phi) is 4.43. The van der Waals surface area contributed by atoms with Crippen LogP contribution in [0.2, 0.25) is 0 Å². The summed E-state index contributed by atoms with van der Waals surface area (Å²) in [6, 6.07) is 2.95. The van der Waals surface area contributed by atoms with Crippen LogP contribution in [0.5, 0.6) is 0 Å². The molecular weight excluding hydrogens is 256 g/mol. The molecule has 4 nitrogen and oxygen atoms in total. The standard InChI is InChI=1S/C14H20N4S/c1-10-7-16-13(17-8-10)19-11(2)6-14(3,9-15)18-12-4-5-12/h7-8,11-12,18H,4-6H2,1-3H3. The Bertz CT molecular complexity index is 463. The predicted octanol–water partition coefficient (Wildman–Crippen LogP) is 2.69. The summed E-state index contributed by atoms with van der Waals surface area (Å²) in [4.78, 5) is 8.59. The lowest BCUT2D eigenvalue weighted by atomic mass is 9.98. The second-order valence-corrected chi connectivity index (χ2v) is 6.94. The van der Waals surface area contributed by atoms with Crippen LogP contribution < -0.4 is 5.32 Å². The highest BCUT2D eigenvalue weighted by Gasteiger charge is 2.33. The second-order valence-electron chi connectivity index (χ2n) is 5.54. The lowest BCUT2D eigenvalue weighted by Gasteiger charge is -2.26. The van der Waals surface area contributed by atoms with Crippen LogP contribution >= 0.6 is 11.8 Å². The number of nitrogens with one attached hydrogen (secondary N) is 1. The van der Waals surface area contributed by atoms with Crippen molar-refractivity contribution >= 4 is 11.8 Å². The maximum Gasteiger partial charge on any atom is 0.187 e. The van der Waals surface area contributed by atoms with E-state index in [9.17, 15) is 5.26 Å². The molecule has 1 saturated carbocycles. The van der Waals surface area contributed by atoms with Gasteiger partial charge in [-0.1, -0.05) is 18.7 Å². The van der Waals surface area contributed by atoms with Crippen molar-refractivity contribution in [3.05, 3.63) is 18.0 Å². The quantitative estimate of drug-likeness (QED) is 0.639. The average molecular weight is 276 g/mol. The van der Waals surface area contributed by atoms with Crippen molar-refractivity contribution in [2.45, 2.75) is 62.0 Å². The van der Waals surface area contributed by atoms with E-state index in [0.717, 1.165) is 17.1 Å². The van der Waals surface area contributed by atoms with Gasteiger partial charge in [0.2, 0.25) is 0 Å². The predicted molar refractivity (Wildman–Crippen MR) is 76.9 cm³/mol. The lowest BCUT2D eigenvalue weighted by molar-refractivity contribution is 0.414.